The average Bonchev–Trinajstić information content (AvgIpc) is 3.64. The summed E-state index contributed by atoms with van der Waals surface area (Å²) in [7, 11) is -3.29. The number of aryl methyl sites for hydroxylation is 2. The molecule has 45 heavy (non-hydrogen) atoms. The summed E-state index contributed by atoms with van der Waals surface area (Å²) in [5.74, 6) is 7.86. The maximum Gasteiger partial charge on any atom is 0.138 e. The van der Waals surface area contributed by atoms with Gasteiger partial charge >= 0.3 is 0 Å². The highest BCUT2D eigenvalue weighted by atomic mass is 32.1. The molecule has 0 N–H and O–H groups in total. The van der Waals surface area contributed by atoms with Crippen LogP contribution in [0.3, 0.4) is 0 Å². The SMILES string of the molecule is CCCCCCc1cc2cc3c(C#C[Si](CC)(CC)CC)c4cc5sc(C)cc5cc4c(C#C[Si](CC)(CC)CC)c3cc2s1. The Balaban J connectivity index is 1.89. The first-order valence-electron chi connectivity index (χ1n) is 17.7. The lowest BCUT2D eigenvalue weighted by Gasteiger charge is -2.21. The van der Waals surface area contributed by atoms with Crippen molar-refractivity contribution in [3.05, 3.63) is 57.3 Å². The number of hydrogen-bond acceptors (Lipinski definition) is 2. The highest BCUT2D eigenvalue weighted by Gasteiger charge is 2.26. The smallest absolute Gasteiger partial charge is 0.138 e. The van der Waals surface area contributed by atoms with E-state index in [4.69, 9.17) is 0 Å². The molecule has 0 radical (unpaired) electrons. The van der Waals surface area contributed by atoms with Gasteiger partial charge in [0, 0.05) is 41.1 Å². The lowest BCUT2D eigenvalue weighted by molar-refractivity contribution is 0.670. The zero-order valence-corrected chi connectivity index (χ0v) is 32.7. The van der Waals surface area contributed by atoms with Crippen LogP contribution in [0.15, 0.2) is 36.4 Å². The Morgan fingerprint density at radius 2 is 1.00 bits per heavy atom. The number of fused-ring (bicyclic) bond motifs is 4. The molecule has 0 nitrogen and oxygen atoms in total. The van der Waals surface area contributed by atoms with E-state index in [-0.39, 0.29) is 0 Å². The van der Waals surface area contributed by atoms with Crippen LogP contribution >= 0.6 is 22.7 Å². The highest BCUT2D eigenvalue weighted by Crippen LogP contribution is 2.41. The number of benzene rings is 3. The highest BCUT2D eigenvalue weighted by molar-refractivity contribution is 7.19. The maximum absolute atomic E-state index is 4.00. The van der Waals surface area contributed by atoms with Gasteiger partial charge in [0.05, 0.1) is 0 Å². The Morgan fingerprint density at radius 3 is 1.49 bits per heavy atom. The van der Waals surface area contributed by atoms with E-state index in [0.29, 0.717) is 0 Å². The predicted octanol–water partition coefficient (Wildman–Crippen LogP) is 13.7. The van der Waals surface area contributed by atoms with Crippen LogP contribution < -0.4 is 0 Å². The van der Waals surface area contributed by atoms with Crippen molar-refractivity contribution in [3.8, 4) is 22.9 Å². The Bertz CT molecular complexity index is 1790. The third-order valence-corrected chi connectivity index (χ3v) is 22.4. The minimum absolute atomic E-state index is 1.18. The number of unbranched alkanes of at least 4 members (excludes halogenated alkanes) is 3. The van der Waals surface area contributed by atoms with Gasteiger partial charge in [-0.3, -0.25) is 0 Å². The third kappa shape index (κ3) is 6.87. The molecule has 4 heteroatoms. The Labute approximate surface area is 283 Å². The second kappa shape index (κ2) is 14.6. The van der Waals surface area contributed by atoms with Crippen LogP contribution in [0.2, 0.25) is 36.3 Å². The summed E-state index contributed by atoms with van der Waals surface area (Å²) >= 11 is 3.90. The van der Waals surface area contributed by atoms with E-state index < -0.39 is 16.1 Å². The van der Waals surface area contributed by atoms with Crippen molar-refractivity contribution in [1.29, 1.82) is 0 Å². The normalized spacial score (nSPS) is 12.2. The molecule has 0 unspecified atom stereocenters. The average molecular weight is 665 g/mol. The van der Waals surface area contributed by atoms with Crippen molar-refractivity contribution < 1.29 is 0 Å². The van der Waals surface area contributed by atoms with Crippen molar-refractivity contribution in [2.24, 2.45) is 0 Å². The van der Waals surface area contributed by atoms with Gasteiger partial charge in [-0.05, 0) is 114 Å². The van der Waals surface area contributed by atoms with E-state index in [1.807, 2.05) is 22.7 Å². The summed E-state index contributed by atoms with van der Waals surface area (Å²) in [4.78, 5) is 2.88. The summed E-state index contributed by atoms with van der Waals surface area (Å²) in [5.41, 5.74) is 10.5. The minimum atomic E-state index is -1.64. The second-order valence-corrected chi connectivity index (χ2v) is 25.5. The number of rotatable bonds is 11. The molecule has 0 spiro atoms. The molecule has 0 aliphatic heterocycles. The fraction of sp³-hybridized carbons (Fsp3) is 0.463. The molecule has 5 aromatic rings. The van der Waals surface area contributed by atoms with Gasteiger partial charge in [-0.1, -0.05) is 79.6 Å². The van der Waals surface area contributed by atoms with E-state index in [0.717, 1.165) is 0 Å². The summed E-state index contributed by atoms with van der Waals surface area (Å²) in [6, 6.07) is 22.0. The fourth-order valence-corrected chi connectivity index (χ4v) is 13.9. The van der Waals surface area contributed by atoms with Crippen molar-refractivity contribution in [3.63, 3.8) is 0 Å². The van der Waals surface area contributed by atoms with Crippen LogP contribution in [-0.4, -0.2) is 16.1 Å². The molecule has 236 valence electrons. The molecule has 0 aliphatic carbocycles. The van der Waals surface area contributed by atoms with Crippen LogP contribution in [-0.2, 0) is 6.42 Å². The zero-order chi connectivity index (χ0) is 32.2. The van der Waals surface area contributed by atoms with Gasteiger partial charge in [-0.15, -0.1) is 33.8 Å². The topological polar surface area (TPSA) is 0 Å². The van der Waals surface area contributed by atoms with E-state index in [1.54, 1.807) is 0 Å². The van der Waals surface area contributed by atoms with Crippen molar-refractivity contribution in [1.82, 2.24) is 0 Å². The standard InChI is InChI=1S/C41H52S2Si2/c1-9-16-17-18-19-33-25-32-27-37-35(21-23-45(13-5,14-6)15-7)38-28-40-31(24-30(8)42-40)26-36(38)34(39(37)29-41(32)43-33)20-22-44(10-2,11-3)12-4/h24-29H,9-19H2,1-8H3. The molecule has 5 rings (SSSR count). The molecule has 2 heterocycles. The molecular formula is C41H52S2Si2. The van der Waals surface area contributed by atoms with Crippen LogP contribution in [0.1, 0.15) is 95.0 Å². The molecule has 0 bridgehead atoms. The Morgan fingerprint density at radius 1 is 0.533 bits per heavy atom. The summed E-state index contributed by atoms with van der Waals surface area (Å²) in [6.45, 7) is 18.7. The maximum atomic E-state index is 4.00. The molecule has 0 saturated heterocycles. The molecule has 0 aliphatic rings. The van der Waals surface area contributed by atoms with Gasteiger partial charge in [0.15, 0.2) is 0 Å². The number of hydrogen-bond donors (Lipinski definition) is 0. The van der Waals surface area contributed by atoms with Gasteiger partial charge in [0.25, 0.3) is 0 Å². The minimum Gasteiger partial charge on any atom is -0.141 e. The molecule has 0 atom stereocenters. The first-order chi connectivity index (χ1) is 21.8. The van der Waals surface area contributed by atoms with E-state index in [1.165, 1.54) is 131 Å². The van der Waals surface area contributed by atoms with Gasteiger partial charge in [0.2, 0.25) is 0 Å². The fourth-order valence-electron chi connectivity index (χ4n) is 7.02. The van der Waals surface area contributed by atoms with Gasteiger partial charge in [0.1, 0.15) is 16.1 Å². The number of thiophene rings is 2. The van der Waals surface area contributed by atoms with Crippen molar-refractivity contribution in [2.45, 2.75) is 124 Å². The first kappa shape index (κ1) is 34.0. The van der Waals surface area contributed by atoms with Gasteiger partial charge in [-0.25, -0.2) is 0 Å². The van der Waals surface area contributed by atoms with E-state index >= 15 is 0 Å². The molecule has 2 aromatic heterocycles. The lowest BCUT2D eigenvalue weighted by Crippen LogP contribution is -2.29. The summed E-state index contributed by atoms with van der Waals surface area (Å²) < 4.78 is 2.75. The van der Waals surface area contributed by atoms with E-state index in [2.05, 4.69) is 115 Å². The quantitative estimate of drug-likeness (QED) is 0.0570. The monoisotopic (exact) mass is 664 g/mol. The Kier molecular flexibility index (Phi) is 11.0. The van der Waals surface area contributed by atoms with Crippen LogP contribution in [0, 0.1) is 29.9 Å². The molecule has 0 saturated carbocycles. The molecule has 3 aromatic carbocycles. The first-order valence-corrected chi connectivity index (χ1v) is 24.6. The van der Waals surface area contributed by atoms with Crippen LogP contribution in [0.4, 0.5) is 0 Å². The lowest BCUT2D eigenvalue weighted by atomic mass is 9.91. The second-order valence-electron chi connectivity index (χ2n) is 13.2. The van der Waals surface area contributed by atoms with Gasteiger partial charge in [-0.2, -0.15) is 0 Å². The van der Waals surface area contributed by atoms with Gasteiger partial charge < -0.3 is 0 Å². The molecule has 0 fully saturated rings. The molecule has 0 amide bonds. The summed E-state index contributed by atoms with van der Waals surface area (Å²) in [6.07, 6.45) is 6.40. The Hall–Kier alpha value is -2.35. The van der Waals surface area contributed by atoms with Crippen molar-refractivity contribution >= 4 is 80.5 Å². The zero-order valence-electron chi connectivity index (χ0n) is 29.1. The third-order valence-electron chi connectivity index (χ3n) is 10.8. The predicted molar refractivity (Wildman–Crippen MR) is 213 cm³/mol. The molecular weight excluding hydrogens is 613 g/mol. The van der Waals surface area contributed by atoms with Crippen molar-refractivity contribution in [2.75, 3.05) is 0 Å². The van der Waals surface area contributed by atoms with Crippen LogP contribution in [0.25, 0.3) is 41.7 Å². The van der Waals surface area contributed by atoms with E-state index in [9.17, 15) is 0 Å². The van der Waals surface area contributed by atoms with Crippen LogP contribution in [0.5, 0.6) is 0 Å². The largest absolute Gasteiger partial charge is 0.141 e. The summed E-state index contributed by atoms with van der Waals surface area (Å²) in [5, 5.41) is 7.91.